The highest BCUT2D eigenvalue weighted by atomic mass is 32.2. The summed E-state index contributed by atoms with van der Waals surface area (Å²) in [4.78, 5) is 0. The average molecular weight is 434 g/mol. The predicted octanol–water partition coefficient (Wildman–Crippen LogP) is 2.97. The molecule has 0 radical (unpaired) electrons. The molecule has 0 aromatic heterocycles. The van der Waals surface area contributed by atoms with E-state index in [2.05, 4.69) is 9.44 Å². The summed E-state index contributed by atoms with van der Waals surface area (Å²) in [5.41, 5.74) is -2.19. The van der Waals surface area contributed by atoms with E-state index in [1.165, 1.54) is 25.1 Å². The molecule has 1 aromatic rings. The van der Waals surface area contributed by atoms with E-state index in [-0.39, 0.29) is 18.4 Å². The zero-order valence-electron chi connectivity index (χ0n) is 15.1. The van der Waals surface area contributed by atoms with Crippen LogP contribution < -0.4 is 0 Å². The Kier molecular flexibility index (Phi) is 6.77. The fraction of sp³-hybridized carbons (Fsp3) is 0.529. The molecule has 0 saturated heterocycles. The summed E-state index contributed by atoms with van der Waals surface area (Å²) in [5.74, 6) is -0.551. The van der Waals surface area contributed by atoms with Gasteiger partial charge in [0.25, 0.3) is 0 Å². The number of oxime groups is 1. The van der Waals surface area contributed by atoms with Crippen molar-refractivity contribution >= 4 is 25.7 Å². The Morgan fingerprint density at radius 3 is 2.39 bits per heavy atom. The van der Waals surface area contributed by atoms with Crippen molar-refractivity contribution in [2.45, 2.75) is 49.5 Å². The Labute approximate surface area is 163 Å². The zero-order valence-corrected chi connectivity index (χ0v) is 16.8. The third-order valence-electron chi connectivity index (χ3n) is 4.52. The van der Waals surface area contributed by atoms with Crippen molar-refractivity contribution in [2.75, 3.05) is 5.75 Å². The Hall–Kier alpha value is -2.06. The lowest BCUT2D eigenvalue weighted by Crippen LogP contribution is -2.45. The van der Waals surface area contributed by atoms with Gasteiger partial charge in [0.05, 0.1) is 22.6 Å². The molecule has 0 heterocycles. The summed E-state index contributed by atoms with van der Waals surface area (Å²) in [6.07, 6.45) is 1.93. The SMILES string of the molecule is CCS(=O)(=O)ON=C(c1ccccc1C#N)C(F)(F)S(=O)(=O)C1CCCCC1. The number of hydrogen-bond acceptors (Lipinski definition) is 7. The number of benzene rings is 1. The number of alkyl halides is 2. The molecule has 1 fully saturated rings. The van der Waals surface area contributed by atoms with Gasteiger partial charge in [-0.1, -0.05) is 42.6 Å². The second-order valence-electron chi connectivity index (χ2n) is 6.34. The average Bonchev–Trinajstić information content (AvgIpc) is 2.68. The lowest BCUT2D eigenvalue weighted by Gasteiger charge is -2.27. The van der Waals surface area contributed by atoms with Crippen LogP contribution in [-0.2, 0) is 24.2 Å². The van der Waals surface area contributed by atoms with Gasteiger partial charge in [-0.2, -0.15) is 22.5 Å². The first-order valence-corrected chi connectivity index (χ1v) is 11.8. The van der Waals surface area contributed by atoms with Crippen molar-refractivity contribution in [3.05, 3.63) is 35.4 Å². The van der Waals surface area contributed by atoms with Crippen LogP contribution in [0.4, 0.5) is 8.78 Å². The van der Waals surface area contributed by atoms with E-state index in [4.69, 9.17) is 0 Å². The van der Waals surface area contributed by atoms with Crippen LogP contribution in [0.5, 0.6) is 0 Å². The van der Waals surface area contributed by atoms with Gasteiger partial charge in [-0.3, -0.25) is 4.28 Å². The van der Waals surface area contributed by atoms with Crippen molar-refractivity contribution < 1.29 is 29.9 Å². The molecule has 0 N–H and O–H groups in total. The second kappa shape index (κ2) is 8.53. The van der Waals surface area contributed by atoms with Crippen molar-refractivity contribution in [3.63, 3.8) is 0 Å². The maximum Gasteiger partial charge on any atom is 0.391 e. The highest BCUT2D eigenvalue weighted by Crippen LogP contribution is 2.37. The molecule has 0 amide bonds. The Morgan fingerprint density at radius 1 is 1.21 bits per heavy atom. The minimum atomic E-state index is -5.06. The molecule has 0 spiro atoms. The van der Waals surface area contributed by atoms with Crippen LogP contribution in [0.3, 0.4) is 0 Å². The lowest BCUT2D eigenvalue weighted by molar-refractivity contribution is 0.161. The van der Waals surface area contributed by atoms with Crippen molar-refractivity contribution in [1.82, 2.24) is 0 Å². The minimum absolute atomic E-state index is 0.0826. The highest BCUT2D eigenvalue weighted by Gasteiger charge is 2.55. The van der Waals surface area contributed by atoms with Gasteiger partial charge >= 0.3 is 15.4 Å². The number of sulfone groups is 1. The van der Waals surface area contributed by atoms with Crippen molar-refractivity contribution in [2.24, 2.45) is 5.16 Å². The number of nitriles is 1. The van der Waals surface area contributed by atoms with E-state index in [0.29, 0.717) is 12.8 Å². The Morgan fingerprint density at radius 2 is 1.82 bits per heavy atom. The first-order valence-electron chi connectivity index (χ1n) is 8.67. The molecule has 11 heteroatoms. The Balaban J connectivity index is 2.63. The van der Waals surface area contributed by atoms with Gasteiger partial charge in [-0.15, -0.1) is 0 Å². The topological polar surface area (TPSA) is 114 Å². The second-order valence-corrected chi connectivity index (χ2v) is 10.5. The zero-order chi connectivity index (χ0) is 21.0. The van der Waals surface area contributed by atoms with Crippen LogP contribution in [-0.4, -0.2) is 38.8 Å². The molecule has 7 nitrogen and oxygen atoms in total. The molecule has 0 unspecified atom stereocenters. The summed E-state index contributed by atoms with van der Waals surface area (Å²) in [6.45, 7) is 1.21. The number of halogens is 2. The smallest absolute Gasteiger partial charge is 0.268 e. The first kappa shape index (κ1) is 22.2. The summed E-state index contributed by atoms with van der Waals surface area (Å²) in [7, 11) is -9.33. The fourth-order valence-electron chi connectivity index (χ4n) is 2.91. The van der Waals surface area contributed by atoms with E-state index < -0.39 is 47.5 Å². The largest absolute Gasteiger partial charge is 0.391 e. The van der Waals surface area contributed by atoms with Gasteiger partial charge in [0.1, 0.15) is 0 Å². The third-order valence-corrected chi connectivity index (χ3v) is 7.79. The number of nitrogens with zero attached hydrogens (tertiary/aromatic N) is 2. The van der Waals surface area contributed by atoms with Gasteiger partial charge in [0, 0.05) is 5.56 Å². The molecule has 0 aliphatic heterocycles. The molecule has 1 aromatic carbocycles. The molecule has 0 atom stereocenters. The van der Waals surface area contributed by atoms with Crippen LogP contribution in [0, 0.1) is 11.3 Å². The highest BCUT2D eigenvalue weighted by molar-refractivity contribution is 7.93. The van der Waals surface area contributed by atoms with E-state index in [9.17, 15) is 22.1 Å². The first-order chi connectivity index (χ1) is 13.1. The molecular weight excluding hydrogens is 414 g/mol. The van der Waals surface area contributed by atoms with Crippen LogP contribution in [0.15, 0.2) is 29.4 Å². The van der Waals surface area contributed by atoms with Crippen LogP contribution in [0.2, 0.25) is 0 Å². The normalized spacial score (nSPS) is 17.1. The molecule has 154 valence electrons. The third kappa shape index (κ3) is 4.50. The van der Waals surface area contributed by atoms with Crippen LogP contribution >= 0.6 is 0 Å². The van der Waals surface area contributed by atoms with Crippen molar-refractivity contribution in [1.29, 1.82) is 5.26 Å². The van der Waals surface area contributed by atoms with Gasteiger partial charge in [-0.05, 0) is 25.8 Å². The molecule has 0 bridgehead atoms. The van der Waals surface area contributed by atoms with Crippen LogP contribution in [0.1, 0.15) is 50.2 Å². The quantitative estimate of drug-likeness (QED) is 0.481. The Bertz CT molecular complexity index is 993. The maximum atomic E-state index is 15.2. The fourth-order valence-corrected chi connectivity index (χ4v) is 5.00. The van der Waals surface area contributed by atoms with Crippen molar-refractivity contribution in [3.8, 4) is 6.07 Å². The lowest BCUT2D eigenvalue weighted by atomic mass is 10.0. The molecular formula is C17H20F2N2O5S2. The van der Waals surface area contributed by atoms with E-state index in [1.54, 1.807) is 6.07 Å². The molecule has 1 aliphatic carbocycles. The maximum absolute atomic E-state index is 15.2. The summed E-state index contributed by atoms with van der Waals surface area (Å²) < 4.78 is 83.3. The number of rotatable bonds is 7. The standard InChI is InChI=1S/C17H20F2N2O5S2/c1-2-27(22,23)26-21-16(15-11-7-6-8-13(15)12-20)17(18,19)28(24,25)14-9-4-3-5-10-14/h6-8,11,14H,2-5,9-10H2,1H3. The summed E-state index contributed by atoms with van der Waals surface area (Å²) >= 11 is 0. The minimum Gasteiger partial charge on any atom is -0.268 e. The van der Waals surface area contributed by atoms with E-state index in [0.717, 1.165) is 12.5 Å². The summed E-state index contributed by atoms with van der Waals surface area (Å²) in [5, 5.41) is 6.41. The van der Waals surface area contributed by atoms with Gasteiger partial charge < -0.3 is 0 Å². The molecule has 2 rings (SSSR count). The van der Waals surface area contributed by atoms with Crippen LogP contribution in [0.25, 0.3) is 0 Å². The van der Waals surface area contributed by atoms with E-state index >= 15 is 8.78 Å². The van der Waals surface area contributed by atoms with E-state index in [1.807, 2.05) is 0 Å². The predicted molar refractivity (Wildman–Crippen MR) is 99.0 cm³/mol. The monoisotopic (exact) mass is 434 g/mol. The van der Waals surface area contributed by atoms with Gasteiger partial charge in [-0.25, -0.2) is 8.42 Å². The van der Waals surface area contributed by atoms with Gasteiger partial charge in [0.15, 0.2) is 5.71 Å². The summed E-state index contributed by atoms with van der Waals surface area (Å²) in [6, 6.07) is 6.65. The molecule has 1 saturated carbocycles. The molecule has 1 aliphatic rings. The van der Waals surface area contributed by atoms with Gasteiger partial charge in [0.2, 0.25) is 9.84 Å². The number of hydrogen-bond donors (Lipinski definition) is 0. The molecule has 28 heavy (non-hydrogen) atoms.